The van der Waals surface area contributed by atoms with Crippen LogP contribution in [-0.2, 0) is 0 Å². The molecule has 0 aromatic carbocycles. The van der Waals surface area contributed by atoms with Crippen molar-refractivity contribution in [2.24, 2.45) is 5.92 Å². The molecule has 0 rings (SSSR count). The summed E-state index contributed by atoms with van der Waals surface area (Å²) in [6.07, 6.45) is 3.49. The van der Waals surface area contributed by atoms with Crippen LogP contribution in [0, 0.1) is 5.92 Å². The molecule has 84 valence electrons. The molecule has 0 spiro atoms. The minimum absolute atomic E-state index is 0.0513. The summed E-state index contributed by atoms with van der Waals surface area (Å²) in [6.45, 7) is 9.10. The van der Waals surface area contributed by atoms with Crippen molar-refractivity contribution in [3.05, 3.63) is 0 Å². The Balaban J connectivity index is 3.44. The third kappa shape index (κ3) is 7.90. The minimum Gasteiger partial charge on any atom is -0.338 e. The Morgan fingerprint density at radius 2 is 1.86 bits per heavy atom. The van der Waals surface area contributed by atoms with Crippen LogP contribution in [0.3, 0.4) is 0 Å². The van der Waals surface area contributed by atoms with Crippen LogP contribution >= 0.6 is 0 Å². The molecule has 0 unspecified atom stereocenters. The van der Waals surface area contributed by atoms with Crippen LogP contribution in [0.15, 0.2) is 0 Å². The van der Waals surface area contributed by atoms with Crippen LogP contribution in [0.25, 0.3) is 0 Å². The quantitative estimate of drug-likeness (QED) is 0.679. The molecule has 0 bridgehead atoms. The minimum atomic E-state index is -0.0513. The van der Waals surface area contributed by atoms with Crippen LogP contribution in [0.1, 0.15) is 47.0 Å². The van der Waals surface area contributed by atoms with E-state index in [2.05, 4.69) is 31.4 Å². The molecule has 0 aliphatic rings. The van der Waals surface area contributed by atoms with Gasteiger partial charge in [0, 0.05) is 12.6 Å². The molecule has 2 amide bonds. The number of hydrogen-bond acceptors (Lipinski definition) is 1. The Labute approximate surface area is 87.6 Å². The first-order valence-corrected chi connectivity index (χ1v) is 5.60. The van der Waals surface area contributed by atoms with E-state index in [1.807, 2.05) is 6.92 Å². The Bertz CT molecular complexity index is 157. The highest BCUT2D eigenvalue weighted by Gasteiger charge is 2.05. The predicted octanol–water partition coefficient (Wildman–Crippen LogP) is 2.52. The van der Waals surface area contributed by atoms with E-state index in [-0.39, 0.29) is 12.1 Å². The highest BCUT2D eigenvalue weighted by molar-refractivity contribution is 5.73. The van der Waals surface area contributed by atoms with Gasteiger partial charge in [0.2, 0.25) is 0 Å². The summed E-state index contributed by atoms with van der Waals surface area (Å²) in [5, 5.41) is 5.63. The SMILES string of the molecule is CCNC(=O)N[C@@H](C)CCCC(C)C. The standard InChI is InChI=1S/C11H24N2O/c1-5-12-11(14)13-10(4)8-6-7-9(2)3/h9-10H,5-8H2,1-4H3,(H2,12,13,14)/t10-/m0/s1. The second-order valence-corrected chi connectivity index (χ2v) is 4.23. The lowest BCUT2D eigenvalue weighted by Gasteiger charge is -2.14. The van der Waals surface area contributed by atoms with E-state index in [1.165, 1.54) is 12.8 Å². The number of rotatable bonds is 6. The first kappa shape index (κ1) is 13.3. The Kier molecular flexibility index (Phi) is 7.25. The number of carbonyl (C=O) groups is 1. The van der Waals surface area contributed by atoms with Crippen LogP contribution < -0.4 is 10.6 Å². The Morgan fingerprint density at radius 1 is 1.21 bits per heavy atom. The lowest BCUT2D eigenvalue weighted by Crippen LogP contribution is -2.40. The molecule has 0 fully saturated rings. The van der Waals surface area contributed by atoms with Crippen molar-refractivity contribution in [3.63, 3.8) is 0 Å². The third-order valence-electron chi connectivity index (χ3n) is 2.13. The van der Waals surface area contributed by atoms with Gasteiger partial charge in [-0.1, -0.05) is 26.7 Å². The fraction of sp³-hybridized carbons (Fsp3) is 0.909. The molecule has 2 N–H and O–H groups in total. The highest BCUT2D eigenvalue weighted by atomic mass is 16.2. The first-order valence-electron chi connectivity index (χ1n) is 5.60. The Hall–Kier alpha value is -0.730. The maximum atomic E-state index is 11.1. The lowest BCUT2D eigenvalue weighted by molar-refractivity contribution is 0.237. The molecule has 3 heteroatoms. The van der Waals surface area contributed by atoms with Crippen molar-refractivity contribution >= 4 is 6.03 Å². The largest absolute Gasteiger partial charge is 0.338 e. The van der Waals surface area contributed by atoms with Crippen LogP contribution in [0.5, 0.6) is 0 Å². The van der Waals surface area contributed by atoms with Gasteiger partial charge in [-0.3, -0.25) is 0 Å². The predicted molar refractivity (Wildman–Crippen MR) is 60.4 cm³/mol. The van der Waals surface area contributed by atoms with Crippen LogP contribution in [0.4, 0.5) is 4.79 Å². The zero-order chi connectivity index (χ0) is 11.0. The molecule has 0 saturated heterocycles. The number of nitrogens with one attached hydrogen (secondary N) is 2. The van der Waals surface area contributed by atoms with E-state index >= 15 is 0 Å². The van der Waals surface area contributed by atoms with Gasteiger partial charge in [0.25, 0.3) is 0 Å². The molecule has 0 aliphatic heterocycles. The van der Waals surface area contributed by atoms with Crippen molar-refractivity contribution in [3.8, 4) is 0 Å². The highest BCUT2D eigenvalue weighted by Crippen LogP contribution is 2.07. The monoisotopic (exact) mass is 200 g/mol. The molecule has 1 atom stereocenters. The maximum absolute atomic E-state index is 11.1. The van der Waals surface area contributed by atoms with Gasteiger partial charge in [0.1, 0.15) is 0 Å². The fourth-order valence-electron chi connectivity index (χ4n) is 1.34. The summed E-state index contributed by atoms with van der Waals surface area (Å²) < 4.78 is 0. The number of hydrogen-bond donors (Lipinski definition) is 2. The normalized spacial score (nSPS) is 12.6. The summed E-state index contributed by atoms with van der Waals surface area (Å²) in [6, 6.07) is 0.227. The maximum Gasteiger partial charge on any atom is 0.314 e. The molecule has 0 radical (unpaired) electrons. The molecular weight excluding hydrogens is 176 g/mol. The Morgan fingerprint density at radius 3 is 2.36 bits per heavy atom. The number of urea groups is 1. The molecule has 0 aromatic rings. The zero-order valence-electron chi connectivity index (χ0n) is 9.89. The zero-order valence-corrected chi connectivity index (χ0v) is 9.89. The van der Waals surface area contributed by atoms with E-state index in [4.69, 9.17) is 0 Å². The van der Waals surface area contributed by atoms with Gasteiger partial charge in [-0.2, -0.15) is 0 Å². The van der Waals surface area contributed by atoms with Gasteiger partial charge in [-0.25, -0.2) is 4.79 Å². The van der Waals surface area contributed by atoms with Gasteiger partial charge in [-0.05, 0) is 26.2 Å². The smallest absolute Gasteiger partial charge is 0.314 e. The molecule has 0 heterocycles. The topological polar surface area (TPSA) is 41.1 Å². The fourth-order valence-corrected chi connectivity index (χ4v) is 1.34. The molecular formula is C11H24N2O. The summed E-state index contributed by atoms with van der Waals surface area (Å²) in [5.41, 5.74) is 0. The van der Waals surface area contributed by atoms with Gasteiger partial charge < -0.3 is 10.6 Å². The van der Waals surface area contributed by atoms with Crippen molar-refractivity contribution in [1.29, 1.82) is 0 Å². The summed E-state index contributed by atoms with van der Waals surface area (Å²) >= 11 is 0. The van der Waals surface area contributed by atoms with Gasteiger partial charge in [0.15, 0.2) is 0 Å². The summed E-state index contributed by atoms with van der Waals surface area (Å²) in [4.78, 5) is 11.1. The third-order valence-corrected chi connectivity index (χ3v) is 2.13. The van der Waals surface area contributed by atoms with Crippen LogP contribution in [-0.4, -0.2) is 18.6 Å². The summed E-state index contributed by atoms with van der Waals surface area (Å²) in [7, 11) is 0. The average Bonchev–Trinajstić information content (AvgIpc) is 2.03. The molecule has 3 nitrogen and oxygen atoms in total. The molecule has 14 heavy (non-hydrogen) atoms. The van der Waals surface area contributed by atoms with Gasteiger partial charge >= 0.3 is 6.03 Å². The number of carbonyl (C=O) groups excluding carboxylic acids is 1. The second-order valence-electron chi connectivity index (χ2n) is 4.23. The van der Waals surface area contributed by atoms with E-state index < -0.39 is 0 Å². The van der Waals surface area contributed by atoms with E-state index in [9.17, 15) is 4.79 Å². The van der Waals surface area contributed by atoms with Crippen molar-refractivity contribution in [1.82, 2.24) is 10.6 Å². The molecule has 0 aromatic heterocycles. The van der Waals surface area contributed by atoms with Crippen LogP contribution in [0.2, 0.25) is 0 Å². The molecule has 0 aliphatic carbocycles. The second kappa shape index (κ2) is 7.65. The summed E-state index contributed by atoms with van der Waals surface area (Å²) in [5.74, 6) is 0.756. The average molecular weight is 200 g/mol. The van der Waals surface area contributed by atoms with Gasteiger partial charge in [-0.15, -0.1) is 0 Å². The van der Waals surface area contributed by atoms with E-state index in [0.29, 0.717) is 6.54 Å². The first-order chi connectivity index (χ1) is 6.56. The van der Waals surface area contributed by atoms with E-state index in [0.717, 1.165) is 12.3 Å². The molecule has 0 saturated carbocycles. The van der Waals surface area contributed by atoms with Crippen molar-refractivity contribution in [2.45, 2.75) is 53.0 Å². The van der Waals surface area contributed by atoms with E-state index in [1.54, 1.807) is 0 Å². The lowest BCUT2D eigenvalue weighted by atomic mass is 10.0. The van der Waals surface area contributed by atoms with Gasteiger partial charge in [0.05, 0.1) is 0 Å². The van der Waals surface area contributed by atoms with Crippen molar-refractivity contribution < 1.29 is 4.79 Å². The number of amides is 2. The van der Waals surface area contributed by atoms with Crippen molar-refractivity contribution in [2.75, 3.05) is 6.54 Å².